The third kappa shape index (κ3) is 1.93. The first-order valence-corrected chi connectivity index (χ1v) is 4.96. The molecule has 1 aliphatic rings. The molecule has 2 N–H and O–H groups in total. The molecular formula is C9H16N4O. The lowest BCUT2D eigenvalue weighted by Gasteiger charge is -2.31. The number of aromatic nitrogens is 3. The molecule has 2 rings (SSSR count). The molecule has 0 atom stereocenters. The van der Waals surface area contributed by atoms with Crippen LogP contribution in [0.3, 0.4) is 0 Å². The summed E-state index contributed by atoms with van der Waals surface area (Å²) in [6.45, 7) is 1.77. The van der Waals surface area contributed by atoms with E-state index in [4.69, 9.17) is 0 Å². The van der Waals surface area contributed by atoms with Crippen molar-refractivity contribution in [3.63, 3.8) is 0 Å². The molecule has 5 nitrogen and oxygen atoms in total. The Labute approximate surface area is 83.2 Å². The lowest BCUT2D eigenvalue weighted by Crippen LogP contribution is -2.43. The van der Waals surface area contributed by atoms with E-state index in [-0.39, 0.29) is 0 Å². The van der Waals surface area contributed by atoms with Gasteiger partial charge < -0.3 is 10.4 Å². The minimum Gasteiger partial charge on any atom is -0.389 e. The Morgan fingerprint density at radius 2 is 2.29 bits per heavy atom. The summed E-state index contributed by atoms with van der Waals surface area (Å²) in [7, 11) is 1.85. The number of nitrogens with one attached hydrogen (secondary N) is 1. The molecular weight excluding hydrogens is 180 g/mol. The molecule has 0 radical (unpaired) electrons. The van der Waals surface area contributed by atoms with Gasteiger partial charge in [0.05, 0.1) is 5.60 Å². The number of hydrogen-bond acceptors (Lipinski definition) is 4. The molecule has 1 aromatic rings. The van der Waals surface area contributed by atoms with Gasteiger partial charge in [0.1, 0.15) is 12.2 Å². The summed E-state index contributed by atoms with van der Waals surface area (Å²) in [6.07, 6.45) is 3.71. The molecule has 78 valence electrons. The van der Waals surface area contributed by atoms with Crippen molar-refractivity contribution in [2.75, 3.05) is 13.1 Å². The van der Waals surface area contributed by atoms with E-state index in [9.17, 15) is 5.11 Å². The van der Waals surface area contributed by atoms with Gasteiger partial charge in [0.25, 0.3) is 0 Å². The standard InChI is InChI=1S/C9H16N4O/c1-13-8(11-7-12-13)6-9(14)2-4-10-5-3-9/h7,10,14H,2-6H2,1H3. The van der Waals surface area contributed by atoms with Gasteiger partial charge in [-0.25, -0.2) is 4.98 Å². The van der Waals surface area contributed by atoms with Crippen LogP contribution in [0, 0.1) is 0 Å². The van der Waals surface area contributed by atoms with Crippen molar-refractivity contribution in [3.8, 4) is 0 Å². The second kappa shape index (κ2) is 3.67. The Morgan fingerprint density at radius 1 is 1.57 bits per heavy atom. The summed E-state index contributed by atoms with van der Waals surface area (Å²) >= 11 is 0. The quantitative estimate of drug-likeness (QED) is 0.667. The molecule has 1 aliphatic heterocycles. The lowest BCUT2D eigenvalue weighted by atomic mass is 9.89. The second-order valence-electron chi connectivity index (χ2n) is 3.95. The summed E-state index contributed by atoms with van der Waals surface area (Å²) in [4.78, 5) is 4.13. The van der Waals surface area contributed by atoms with Crippen LogP contribution >= 0.6 is 0 Å². The monoisotopic (exact) mass is 196 g/mol. The summed E-state index contributed by atoms with van der Waals surface area (Å²) in [5.41, 5.74) is -0.591. The molecule has 14 heavy (non-hydrogen) atoms. The first-order valence-electron chi connectivity index (χ1n) is 4.96. The van der Waals surface area contributed by atoms with Crippen LogP contribution in [0.4, 0.5) is 0 Å². The van der Waals surface area contributed by atoms with Gasteiger partial charge >= 0.3 is 0 Å². The van der Waals surface area contributed by atoms with E-state index < -0.39 is 5.60 Å². The van der Waals surface area contributed by atoms with Crippen LogP contribution in [0.25, 0.3) is 0 Å². The minimum atomic E-state index is -0.591. The fraction of sp³-hybridized carbons (Fsp3) is 0.778. The Kier molecular flexibility index (Phi) is 2.52. The van der Waals surface area contributed by atoms with Gasteiger partial charge in [0.2, 0.25) is 0 Å². The fourth-order valence-corrected chi connectivity index (χ4v) is 1.84. The molecule has 5 heteroatoms. The molecule has 0 bridgehead atoms. The number of nitrogens with zero attached hydrogens (tertiary/aromatic N) is 3. The Morgan fingerprint density at radius 3 is 2.86 bits per heavy atom. The van der Waals surface area contributed by atoms with Crippen LogP contribution in [0.5, 0.6) is 0 Å². The number of rotatable bonds is 2. The van der Waals surface area contributed by atoms with Gasteiger partial charge in [-0.05, 0) is 25.9 Å². The maximum absolute atomic E-state index is 10.2. The normalized spacial score (nSPS) is 21.0. The zero-order valence-corrected chi connectivity index (χ0v) is 8.40. The van der Waals surface area contributed by atoms with Gasteiger partial charge in [0, 0.05) is 13.5 Å². The van der Waals surface area contributed by atoms with Crippen molar-refractivity contribution in [1.29, 1.82) is 0 Å². The van der Waals surface area contributed by atoms with E-state index in [0.717, 1.165) is 31.8 Å². The Bertz CT molecular complexity index is 304. The molecule has 0 saturated carbocycles. The van der Waals surface area contributed by atoms with Crippen LogP contribution in [0.2, 0.25) is 0 Å². The number of aryl methyl sites for hydroxylation is 1. The van der Waals surface area contributed by atoms with Crippen molar-refractivity contribution >= 4 is 0 Å². The van der Waals surface area contributed by atoms with Gasteiger partial charge in [-0.15, -0.1) is 0 Å². The Hall–Kier alpha value is -0.940. The van der Waals surface area contributed by atoms with Gasteiger partial charge in [0.15, 0.2) is 0 Å². The zero-order valence-electron chi connectivity index (χ0n) is 8.40. The Balaban J connectivity index is 2.05. The highest BCUT2D eigenvalue weighted by Crippen LogP contribution is 2.21. The molecule has 1 saturated heterocycles. The molecule has 0 unspecified atom stereocenters. The van der Waals surface area contributed by atoms with Crippen molar-refractivity contribution in [2.24, 2.45) is 7.05 Å². The maximum atomic E-state index is 10.2. The minimum absolute atomic E-state index is 0.591. The van der Waals surface area contributed by atoms with E-state index in [2.05, 4.69) is 15.4 Å². The maximum Gasteiger partial charge on any atom is 0.138 e. The third-order valence-electron chi connectivity index (χ3n) is 2.83. The number of aliphatic hydroxyl groups is 1. The molecule has 0 amide bonds. The summed E-state index contributed by atoms with van der Waals surface area (Å²) in [5.74, 6) is 0.856. The molecule has 2 heterocycles. The van der Waals surface area contributed by atoms with Crippen LogP contribution in [0.1, 0.15) is 18.7 Å². The number of piperidine rings is 1. The largest absolute Gasteiger partial charge is 0.389 e. The average molecular weight is 196 g/mol. The second-order valence-corrected chi connectivity index (χ2v) is 3.95. The van der Waals surface area contributed by atoms with Gasteiger partial charge in [-0.3, -0.25) is 4.68 Å². The van der Waals surface area contributed by atoms with Crippen LogP contribution in [-0.2, 0) is 13.5 Å². The van der Waals surface area contributed by atoms with E-state index in [0.29, 0.717) is 6.42 Å². The van der Waals surface area contributed by atoms with Crippen molar-refractivity contribution in [1.82, 2.24) is 20.1 Å². The summed E-state index contributed by atoms with van der Waals surface area (Å²) in [6, 6.07) is 0. The lowest BCUT2D eigenvalue weighted by molar-refractivity contribution is 0.00838. The highest BCUT2D eigenvalue weighted by molar-refractivity contribution is 4.96. The smallest absolute Gasteiger partial charge is 0.138 e. The molecule has 1 fully saturated rings. The first kappa shape index (κ1) is 9.61. The van der Waals surface area contributed by atoms with E-state index in [1.54, 1.807) is 4.68 Å². The molecule has 0 aromatic carbocycles. The molecule has 0 aliphatic carbocycles. The predicted octanol–water partition coefficient (Wildman–Crippen LogP) is -0.528. The zero-order chi connectivity index (χ0) is 10.0. The van der Waals surface area contributed by atoms with Crippen molar-refractivity contribution in [2.45, 2.75) is 24.9 Å². The highest BCUT2D eigenvalue weighted by Gasteiger charge is 2.30. The van der Waals surface area contributed by atoms with E-state index in [1.165, 1.54) is 6.33 Å². The number of hydrogen-bond donors (Lipinski definition) is 2. The van der Waals surface area contributed by atoms with Crippen LogP contribution < -0.4 is 5.32 Å². The SMILES string of the molecule is Cn1ncnc1CC1(O)CCNCC1. The predicted molar refractivity (Wildman–Crippen MR) is 51.8 cm³/mol. The highest BCUT2D eigenvalue weighted by atomic mass is 16.3. The average Bonchev–Trinajstić information content (AvgIpc) is 2.52. The third-order valence-corrected chi connectivity index (χ3v) is 2.83. The topological polar surface area (TPSA) is 63.0 Å². The fourth-order valence-electron chi connectivity index (χ4n) is 1.84. The van der Waals surface area contributed by atoms with Gasteiger partial charge in [-0.2, -0.15) is 5.10 Å². The molecule has 1 aromatic heterocycles. The first-order chi connectivity index (χ1) is 6.70. The van der Waals surface area contributed by atoms with Crippen molar-refractivity contribution < 1.29 is 5.11 Å². The van der Waals surface area contributed by atoms with E-state index >= 15 is 0 Å². The summed E-state index contributed by atoms with van der Waals surface area (Å²) in [5, 5.41) is 17.5. The van der Waals surface area contributed by atoms with Crippen LogP contribution in [0.15, 0.2) is 6.33 Å². The summed E-state index contributed by atoms with van der Waals surface area (Å²) < 4.78 is 1.72. The van der Waals surface area contributed by atoms with Crippen molar-refractivity contribution in [3.05, 3.63) is 12.2 Å². The molecule has 0 spiro atoms. The van der Waals surface area contributed by atoms with E-state index in [1.807, 2.05) is 7.05 Å². The van der Waals surface area contributed by atoms with Gasteiger partial charge in [-0.1, -0.05) is 0 Å². The van der Waals surface area contributed by atoms with Crippen LogP contribution in [-0.4, -0.2) is 38.6 Å².